The number of likely N-dealkylation sites (tertiary alicyclic amines) is 2. The van der Waals surface area contributed by atoms with Gasteiger partial charge in [-0.15, -0.1) is 0 Å². The summed E-state index contributed by atoms with van der Waals surface area (Å²) in [6.07, 6.45) is 6.07. The molecule has 0 aliphatic carbocycles. The maximum absolute atomic E-state index is 14.3. The molecule has 0 N–H and O–H groups in total. The van der Waals surface area contributed by atoms with Crippen LogP contribution in [0.4, 0.5) is 15.8 Å². The zero-order valence-corrected chi connectivity index (χ0v) is 19.5. The minimum Gasteiger partial charge on any atom is -0.495 e. The molecule has 33 heavy (non-hydrogen) atoms. The van der Waals surface area contributed by atoms with Gasteiger partial charge in [-0.2, -0.15) is 0 Å². The normalized spacial score (nSPS) is 22.9. The topological polar surface area (TPSA) is 36.0 Å². The third-order valence-corrected chi connectivity index (χ3v) is 7.56. The van der Waals surface area contributed by atoms with Gasteiger partial charge in [0.1, 0.15) is 11.6 Å². The SMILES string of the molecule is COc1ccccc1N1c2ccc(F)cc2[C@@H]2CN(CCCCN3CCCCC3=O)CC[C@H]21. The number of methoxy groups -OCH3 is 1. The minimum absolute atomic E-state index is 0.169. The standard InChI is InChI=1S/C27H34FN3O2/c1-33-26-9-3-2-8-25(26)31-23-12-11-20(28)18-21(23)22-19-29(17-13-24(22)31)14-6-7-16-30-15-5-4-10-27(30)32/h2-3,8-9,11-12,18,22,24H,4-7,10,13-17,19H2,1H3/t22-,24+/m0/s1. The van der Waals surface area contributed by atoms with E-state index in [9.17, 15) is 9.18 Å². The van der Waals surface area contributed by atoms with Crippen molar-refractivity contribution in [2.24, 2.45) is 0 Å². The Labute approximate surface area is 196 Å². The number of ether oxygens (including phenoxy) is 1. The summed E-state index contributed by atoms with van der Waals surface area (Å²) in [6.45, 7) is 4.81. The molecule has 2 aromatic rings. The number of halogens is 1. The van der Waals surface area contributed by atoms with Gasteiger partial charge >= 0.3 is 0 Å². The molecule has 0 radical (unpaired) electrons. The predicted octanol–water partition coefficient (Wildman–Crippen LogP) is 4.94. The molecule has 0 saturated carbocycles. The zero-order chi connectivity index (χ0) is 22.8. The van der Waals surface area contributed by atoms with Crippen molar-refractivity contribution in [3.63, 3.8) is 0 Å². The number of amides is 1. The summed E-state index contributed by atoms with van der Waals surface area (Å²) in [7, 11) is 1.71. The van der Waals surface area contributed by atoms with E-state index in [-0.39, 0.29) is 11.7 Å². The fourth-order valence-corrected chi connectivity index (χ4v) is 5.92. The lowest BCUT2D eigenvalue weighted by molar-refractivity contribution is -0.133. The molecule has 5 rings (SSSR count). The summed E-state index contributed by atoms with van der Waals surface area (Å²) in [5, 5.41) is 0. The van der Waals surface area contributed by atoms with E-state index < -0.39 is 0 Å². The molecule has 0 unspecified atom stereocenters. The van der Waals surface area contributed by atoms with Crippen LogP contribution in [0, 0.1) is 5.82 Å². The van der Waals surface area contributed by atoms with Crippen LogP contribution in [0.15, 0.2) is 42.5 Å². The largest absolute Gasteiger partial charge is 0.495 e. The molecule has 3 heterocycles. The molecular weight excluding hydrogens is 417 g/mol. The lowest BCUT2D eigenvalue weighted by Crippen LogP contribution is -2.45. The first-order valence-corrected chi connectivity index (χ1v) is 12.4. The first-order chi connectivity index (χ1) is 16.2. The Morgan fingerprint density at radius 3 is 2.73 bits per heavy atom. The molecular formula is C27H34FN3O2. The second-order valence-electron chi connectivity index (χ2n) is 9.55. The molecule has 0 bridgehead atoms. The Morgan fingerprint density at radius 2 is 1.88 bits per heavy atom. The second kappa shape index (κ2) is 9.72. The highest BCUT2D eigenvalue weighted by Crippen LogP contribution is 2.50. The lowest BCUT2D eigenvalue weighted by atomic mass is 9.88. The van der Waals surface area contributed by atoms with Gasteiger partial charge in [0.05, 0.1) is 12.8 Å². The third kappa shape index (κ3) is 4.45. The first-order valence-electron chi connectivity index (χ1n) is 12.4. The van der Waals surface area contributed by atoms with Crippen molar-refractivity contribution < 1.29 is 13.9 Å². The summed E-state index contributed by atoms with van der Waals surface area (Å²) >= 11 is 0. The molecule has 5 nitrogen and oxygen atoms in total. The van der Waals surface area contributed by atoms with E-state index >= 15 is 0 Å². The molecule has 2 fully saturated rings. The Kier molecular flexibility index (Phi) is 6.54. The van der Waals surface area contributed by atoms with Crippen molar-refractivity contribution in [1.82, 2.24) is 9.80 Å². The molecule has 3 aliphatic rings. The van der Waals surface area contributed by atoms with E-state index in [1.165, 1.54) is 0 Å². The second-order valence-corrected chi connectivity index (χ2v) is 9.55. The minimum atomic E-state index is -0.169. The van der Waals surface area contributed by atoms with E-state index in [1.807, 2.05) is 29.2 Å². The average molecular weight is 452 g/mol. The summed E-state index contributed by atoms with van der Waals surface area (Å²) in [6, 6.07) is 13.6. The number of hydrogen-bond acceptors (Lipinski definition) is 4. The van der Waals surface area contributed by atoms with Crippen molar-refractivity contribution in [3.05, 3.63) is 53.8 Å². The van der Waals surface area contributed by atoms with Gasteiger partial charge in [-0.05, 0) is 74.5 Å². The van der Waals surface area contributed by atoms with Gasteiger partial charge in [0.25, 0.3) is 0 Å². The number of piperidine rings is 2. The van der Waals surface area contributed by atoms with Gasteiger partial charge in [-0.1, -0.05) is 12.1 Å². The highest BCUT2D eigenvalue weighted by molar-refractivity contribution is 5.77. The molecule has 1 amide bonds. The van der Waals surface area contributed by atoms with Gasteiger partial charge < -0.3 is 19.4 Å². The molecule has 176 valence electrons. The summed E-state index contributed by atoms with van der Waals surface area (Å²) < 4.78 is 19.9. The van der Waals surface area contributed by atoms with Crippen molar-refractivity contribution in [2.75, 3.05) is 44.7 Å². The number of unbranched alkanes of at least 4 members (excludes halogenated alkanes) is 1. The van der Waals surface area contributed by atoms with E-state index in [0.717, 1.165) is 87.5 Å². The number of nitrogens with zero attached hydrogens (tertiary/aromatic N) is 3. The molecule has 2 saturated heterocycles. The quantitative estimate of drug-likeness (QED) is 0.559. The Hall–Kier alpha value is -2.60. The summed E-state index contributed by atoms with van der Waals surface area (Å²) in [4.78, 5) is 19.0. The summed E-state index contributed by atoms with van der Waals surface area (Å²) in [5.41, 5.74) is 3.26. The Morgan fingerprint density at radius 1 is 1.03 bits per heavy atom. The molecule has 2 aromatic carbocycles. The molecule has 3 aliphatic heterocycles. The number of anilines is 2. The van der Waals surface area contributed by atoms with Crippen LogP contribution in [-0.4, -0.2) is 61.6 Å². The van der Waals surface area contributed by atoms with Gasteiger partial charge in [-0.25, -0.2) is 4.39 Å². The lowest BCUT2D eigenvalue weighted by Gasteiger charge is -2.39. The fraction of sp³-hybridized carbons (Fsp3) is 0.519. The van der Waals surface area contributed by atoms with Crippen LogP contribution in [0.1, 0.15) is 50.0 Å². The number of benzene rings is 2. The highest BCUT2D eigenvalue weighted by atomic mass is 19.1. The van der Waals surface area contributed by atoms with Crippen LogP contribution in [0.2, 0.25) is 0 Å². The molecule has 0 spiro atoms. The smallest absolute Gasteiger partial charge is 0.222 e. The predicted molar refractivity (Wildman–Crippen MR) is 129 cm³/mol. The fourth-order valence-electron chi connectivity index (χ4n) is 5.92. The first kappa shape index (κ1) is 22.2. The Balaban J connectivity index is 1.27. The van der Waals surface area contributed by atoms with Crippen LogP contribution in [-0.2, 0) is 4.79 Å². The number of rotatable bonds is 7. The monoisotopic (exact) mass is 451 g/mol. The van der Waals surface area contributed by atoms with E-state index in [0.29, 0.717) is 18.4 Å². The molecule has 0 aromatic heterocycles. The van der Waals surface area contributed by atoms with Gasteiger partial charge in [0, 0.05) is 50.2 Å². The number of carbonyl (C=O) groups is 1. The maximum Gasteiger partial charge on any atom is 0.222 e. The van der Waals surface area contributed by atoms with E-state index in [2.05, 4.69) is 15.9 Å². The van der Waals surface area contributed by atoms with Gasteiger partial charge in [-0.3, -0.25) is 4.79 Å². The number of carbonyl (C=O) groups excluding carboxylic acids is 1. The van der Waals surface area contributed by atoms with Crippen molar-refractivity contribution in [1.29, 1.82) is 0 Å². The van der Waals surface area contributed by atoms with Crippen LogP contribution in [0.3, 0.4) is 0 Å². The van der Waals surface area contributed by atoms with Crippen LogP contribution in [0.25, 0.3) is 0 Å². The van der Waals surface area contributed by atoms with Gasteiger partial charge in [0.15, 0.2) is 0 Å². The number of fused-ring (bicyclic) bond motifs is 3. The zero-order valence-electron chi connectivity index (χ0n) is 19.5. The van der Waals surface area contributed by atoms with Crippen molar-refractivity contribution in [3.8, 4) is 5.75 Å². The maximum atomic E-state index is 14.3. The van der Waals surface area contributed by atoms with Crippen molar-refractivity contribution >= 4 is 17.3 Å². The van der Waals surface area contributed by atoms with E-state index in [1.54, 1.807) is 19.2 Å². The number of hydrogen-bond donors (Lipinski definition) is 0. The van der Waals surface area contributed by atoms with Crippen LogP contribution in [0.5, 0.6) is 5.75 Å². The average Bonchev–Trinajstić information content (AvgIpc) is 3.15. The molecule has 6 heteroatoms. The Bertz CT molecular complexity index is 997. The number of para-hydroxylation sites is 2. The highest BCUT2D eigenvalue weighted by Gasteiger charge is 2.43. The van der Waals surface area contributed by atoms with Crippen LogP contribution >= 0.6 is 0 Å². The third-order valence-electron chi connectivity index (χ3n) is 7.56. The van der Waals surface area contributed by atoms with E-state index in [4.69, 9.17) is 4.74 Å². The van der Waals surface area contributed by atoms with Gasteiger partial charge in [0.2, 0.25) is 5.91 Å². The van der Waals surface area contributed by atoms with Crippen molar-refractivity contribution in [2.45, 2.75) is 50.5 Å². The van der Waals surface area contributed by atoms with Crippen LogP contribution < -0.4 is 9.64 Å². The molecule has 2 atom stereocenters. The summed E-state index contributed by atoms with van der Waals surface area (Å²) in [5.74, 6) is 1.28.